The van der Waals surface area contributed by atoms with Gasteiger partial charge in [-0.15, -0.1) is 0 Å². The summed E-state index contributed by atoms with van der Waals surface area (Å²) < 4.78 is 22.9. The first kappa shape index (κ1) is 45.5. The minimum atomic E-state index is -0.625. The molecule has 0 bridgehead atoms. The van der Waals surface area contributed by atoms with Crippen LogP contribution in [-0.2, 0) is 45.9 Å². The van der Waals surface area contributed by atoms with Crippen molar-refractivity contribution in [3.8, 4) is 11.5 Å². The average molecular weight is 885 g/mol. The number of amides is 4. The zero-order valence-electron chi connectivity index (χ0n) is 38.0. The quantitative estimate of drug-likeness (QED) is 0.106. The molecular weight excluding hydrogens is 829 g/mol. The zero-order chi connectivity index (χ0) is 46.5. The van der Waals surface area contributed by atoms with Crippen molar-refractivity contribution < 1.29 is 28.7 Å². The topological polar surface area (TPSA) is 219 Å². The predicted octanol–water partition coefficient (Wildman–Crippen LogP) is 5.43. The lowest BCUT2D eigenvalue weighted by atomic mass is 10.1. The Kier molecular flexibility index (Phi) is 13.6. The van der Waals surface area contributed by atoms with Crippen LogP contribution in [-0.4, -0.2) is 68.6 Å². The molecule has 0 aliphatic rings. The number of unbranched alkanes of at least 4 members (excludes halogenated alkanes) is 2. The number of aryl methyl sites for hydroxylation is 8. The van der Waals surface area contributed by atoms with Gasteiger partial charge in [-0.2, -0.15) is 20.2 Å². The summed E-state index contributed by atoms with van der Waals surface area (Å²) in [4.78, 5) is 62.3. The lowest BCUT2D eigenvalue weighted by Gasteiger charge is -2.13. The van der Waals surface area contributed by atoms with Gasteiger partial charge in [0.2, 0.25) is 23.1 Å². The minimum absolute atomic E-state index is 0.179. The van der Waals surface area contributed by atoms with Gasteiger partial charge in [-0.3, -0.25) is 28.5 Å². The third-order valence-electron chi connectivity index (χ3n) is 11.4. The van der Waals surface area contributed by atoms with Gasteiger partial charge in [0.05, 0.1) is 35.0 Å². The molecule has 0 radical (unpaired) electrons. The fourth-order valence-corrected chi connectivity index (χ4v) is 8.27. The number of rotatable bonds is 18. The summed E-state index contributed by atoms with van der Waals surface area (Å²) >= 11 is 0. The van der Waals surface area contributed by atoms with Crippen molar-refractivity contribution >= 4 is 45.7 Å². The molecule has 0 aliphatic carbocycles. The smallest absolute Gasteiger partial charge is 0.298 e. The maximum atomic E-state index is 14.1. The minimum Gasteiger partial charge on any atom is -0.497 e. The molecule has 4 N–H and O–H groups in total. The van der Waals surface area contributed by atoms with E-state index in [0.717, 1.165) is 16.6 Å². The van der Waals surface area contributed by atoms with Crippen LogP contribution in [0.2, 0.25) is 0 Å². The molecule has 0 spiro atoms. The average Bonchev–Trinajstić information content (AvgIpc) is 4.04. The van der Waals surface area contributed by atoms with Crippen LogP contribution in [0.5, 0.6) is 11.5 Å². The third-order valence-corrected chi connectivity index (χ3v) is 11.4. The van der Waals surface area contributed by atoms with Crippen LogP contribution in [0.15, 0.2) is 76.7 Å². The highest BCUT2D eigenvalue weighted by atomic mass is 16.5. The monoisotopic (exact) mass is 884 g/mol. The molecule has 4 aromatic heterocycles. The first-order valence-corrected chi connectivity index (χ1v) is 21.9. The Bertz CT molecular complexity index is 3080. The van der Waals surface area contributed by atoms with Gasteiger partial charge in [0, 0.05) is 50.4 Å². The molecule has 18 nitrogen and oxygen atoms in total. The van der Waals surface area contributed by atoms with Crippen molar-refractivity contribution in [1.29, 1.82) is 0 Å². The lowest BCUT2D eigenvalue weighted by Crippen LogP contribution is -2.28. The van der Waals surface area contributed by atoms with Gasteiger partial charge in [-0.25, -0.2) is 0 Å². The molecule has 0 aliphatic heterocycles. The molecule has 3 aromatic carbocycles. The highest BCUT2D eigenvalue weighted by Gasteiger charge is 2.22. The van der Waals surface area contributed by atoms with Gasteiger partial charge in [0.15, 0.2) is 0 Å². The van der Waals surface area contributed by atoms with E-state index in [9.17, 15) is 19.2 Å². The van der Waals surface area contributed by atoms with Crippen molar-refractivity contribution in [1.82, 2.24) is 37.8 Å². The lowest BCUT2D eigenvalue weighted by molar-refractivity contribution is 0.0977. The summed E-state index contributed by atoms with van der Waals surface area (Å²) in [6.45, 7) is 14.4. The first-order valence-electron chi connectivity index (χ1n) is 21.9. The Morgan fingerprint density at radius 2 is 1.14 bits per heavy atom. The molecule has 7 aromatic rings. The first-order chi connectivity index (χ1) is 31.3. The Morgan fingerprint density at radius 3 is 1.68 bits per heavy atom. The number of carbonyl (C=O) groups excluding carboxylic acids is 4. The molecule has 4 amide bonds. The van der Waals surface area contributed by atoms with Gasteiger partial charge >= 0.3 is 0 Å². The highest BCUT2D eigenvalue weighted by molar-refractivity contribution is 5.99. The molecule has 0 unspecified atom stereocenters. The number of ether oxygens (including phenoxy) is 2. The number of methoxy groups -OCH3 is 1. The van der Waals surface area contributed by atoms with Crippen LogP contribution in [0.3, 0.4) is 0 Å². The SMILES string of the molecule is CCn1nc(C)cc1C(=O)/N=c1\n(CC)c2cc(C(N)=O)ccc2n1CCCCCn1/c(=N/C(=O)c2cc(C)nn2CC)n(CC)c2cc(C(N)=O)cc(OCc3ccc(OC)cc3)c21. The maximum absolute atomic E-state index is 14.1. The molecule has 7 rings (SSSR count). The molecule has 65 heavy (non-hydrogen) atoms. The van der Waals surface area contributed by atoms with Gasteiger partial charge in [-0.05, 0) is 121 Å². The number of benzene rings is 3. The second kappa shape index (κ2) is 19.5. The molecule has 340 valence electrons. The Morgan fingerprint density at radius 1 is 0.600 bits per heavy atom. The van der Waals surface area contributed by atoms with E-state index < -0.39 is 23.6 Å². The largest absolute Gasteiger partial charge is 0.497 e. The van der Waals surface area contributed by atoms with Crippen LogP contribution < -0.4 is 32.2 Å². The van der Waals surface area contributed by atoms with E-state index in [1.807, 2.05) is 90.1 Å². The van der Waals surface area contributed by atoms with Crippen LogP contribution in [0.4, 0.5) is 0 Å². The number of nitrogens with zero attached hydrogens (tertiary/aromatic N) is 10. The van der Waals surface area contributed by atoms with Crippen LogP contribution in [0.1, 0.15) is 106 Å². The number of fused-ring (bicyclic) bond motifs is 2. The summed E-state index contributed by atoms with van der Waals surface area (Å²) in [7, 11) is 1.60. The second-order valence-corrected chi connectivity index (χ2v) is 15.7. The number of nitrogens with two attached hydrogens (primary N) is 2. The molecule has 0 saturated heterocycles. The fraction of sp³-hybridized carbons (Fsp3) is 0.362. The number of imidazole rings is 2. The fourth-order valence-electron chi connectivity index (χ4n) is 8.27. The number of hydrogen-bond acceptors (Lipinski definition) is 8. The highest BCUT2D eigenvalue weighted by Crippen LogP contribution is 2.30. The molecular formula is C47H56N12O6. The number of aromatic nitrogens is 8. The molecule has 0 saturated carbocycles. The van der Waals surface area contributed by atoms with Crippen LogP contribution in [0, 0.1) is 13.8 Å². The van der Waals surface area contributed by atoms with E-state index in [1.165, 1.54) is 0 Å². The number of primary amides is 2. The van der Waals surface area contributed by atoms with E-state index in [2.05, 4.69) is 15.2 Å². The van der Waals surface area contributed by atoms with Crippen molar-refractivity contribution in [3.63, 3.8) is 0 Å². The van der Waals surface area contributed by atoms with Crippen LogP contribution in [0.25, 0.3) is 22.1 Å². The molecule has 0 fully saturated rings. The van der Waals surface area contributed by atoms with Gasteiger partial charge in [-0.1, -0.05) is 12.1 Å². The number of hydrogen-bond donors (Lipinski definition) is 2. The van der Waals surface area contributed by atoms with E-state index >= 15 is 0 Å². The maximum Gasteiger partial charge on any atom is 0.298 e. The van der Waals surface area contributed by atoms with Gasteiger partial charge < -0.3 is 39.2 Å². The van der Waals surface area contributed by atoms with Crippen molar-refractivity contribution in [3.05, 3.63) is 117 Å². The van der Waals surface area contributed by atoms with E-state index in [0.29, 0.717) is 121 Å². The van der Waals surface area contributed by atoms with E-state index in [1.54, 1.807) is 52.9 Å². The Balaban J connectivity index is 1.28. The third kappa shape index (κ3) is 9.28. The number of carbonyl (C=O) groups is 4. The Hall–Kier alpha value is -7.50. The molecule has 4 heterocycles. The van der Waals surface area contributed by atoms with Crippen molar-refractivity contribution in [2.24, 2.45) is 21.5 Å². The summed E-state index contributed by atoms with van der Waals surface area (Å²) in [5.74, 6) is -0.945. The predicted molar refractivity (Wildman–Crippen MR) is 244 cm³/mol. The van der Waals surface area contributed by atoms with Crippen molar-refractivity contribution in [2.75, 3.05) is 7.11 Å². The standard InChI is InChI=1S/C47H56N12O6/c1-8-54-36-25-32(42(48)60)17-20-35(36)56(46(54)50-44(62)38-23-29(5)52-58(38)10-3)21-13-12-14-22-57-41-37(55(9-2)47(57)51-45(63)39-24-30(6)53-59(39)11-4)26-33(43(49)61)27-40(41)65-28-31-15-18-34(64-7)19-16-31/h15-20,23-27H,8-14,21-22,28H2,1-7H3,(H2,48,60)(H2,49,61)/b50-46+,51-47+. The summed E-state index contributed by atoms with van der Waals surface area (Å²) in [6, 6.07) is 19.6. The van der Waals surface area contributed by atoms with Gasteiger partial charge in [0.25, 0.3) is 11.8 Å². The van der Waals surface area contributed by atoms with Crippen LogP contribution >= 0.6 is 0 Å². The zero-order valence-corrected chi connectivity index (χ0v) is 38.0. The summed E-state index contributed by atoms with van der Waals surface area (Å²) in [5.41, 5.74) is 18.9. The normalized spacial score (nSPS) is 12.2. The van der Waals surface area contributed by atoms with Gasteiger partial charge in [0.1, 0.15) is 35.0 Å². The molecule has 0 atom stereocenters. The molecule has 18 heteroatoms. The Labute approximate surface area is 375 Å². The van der Waals surface area contributed by atoms with E-state index in [-0.39, 0.29) is 12.2 Å². The summed E-state index contributed by atoms with van der Waals surface area (Å²) in [6.07, 6.45) is 2.03. The van der Waals surface area contributed by atoms with E-state index in [4.69, 9.17) is 25.9 Å². The summed E-state index contributed by atoms with van der Waals surface area (Å²) in [5, 5.41) is 8.93. The van der Waals surface area contributed by atoms with Crippen molar-refractivity contribution in [2.45, 2.75) is 107 Å². The second-order valence-electron chi connectivity index (χ2n) is 15.7.